The lowest BCUT2D eigenvalue weighted by molar-refractivity contribution is -0.222. The van der Waals surface area contributed by atoms with E-state index in [1.54, 1.807) is 0 Å². The molecule has 0 N–H and O–H groups in total. The molecule has 1 unspecified atom stereocenters. The normalized spacial score (nSPS) is 19.3. The SMILES string of the molecule is FC(F)(I)C(F)(F)C(F)(Br)C(F)(F)I. The number of rotatable bonds is 3. The number of hydrogen-bond donors (Lipinski definition) is 0. The average molecular weight is 515 g/mol. The Labute approximate surface area is 109 Å². The monoisotopic (exact) mass is 514 g/mol. The van der Waals surface area contributed by atoms with Gasteiger partial charge in [-0.05, 0) is 15.9 Å². The quantitative estimate of drug-likeness (QED) is 0.290. The Bertz CT molecular complexity index is 193. The lowest BCUT2D eigenvalue weighted by Crippen LogP contribution is -2.57. The van der Waals surface area contributed by atoms with E-state index in [1.807, 2.05) is 0 Å². The Kier molecular flexibility index (Phi) is 4.45. The molecule has 0 aliphatic rings. The molecule has 0 radical (unpaired) electrons. The van der Waals surface area contributed by atoms with Gasteiger partial charge in [-0.2, -0.15) is 26.3 Å². The van der Waals surface area contributed by atoms with Crippen molar-refractivity contribution in [3.05, 3.63) is 0 Å². The maximum absolute atomic E-state index is 12.8. The first kappa shape index (κ1) is 15.4. The van der Waals surface area contributed by atoms with Gasteiger partial charge in [0, 0.05) is 45.2 Å². The minimum absolute atomic E-state index is 0.0127. The molecule has 0 saturated heterocycles. The predicted octanol–water partition coefficient (Wildman–Crippen LogP) is 4.74. The molecule has 0 saturated carbocycles. The Morgan fingerprint density at radius 2 is 1.00 bits per heavy atom. The van der Waals surface area contributed by atoms with Crippen LogP contribution in [0, 0.1) is 0 Å². The maximum atomic E-state index is 12.8. The summed E-state index contributed by atoms with van der Waals surface area (Å²) < 4.78 is 72.3. The molecule has 1 atom stereocenters. The second-order valence-electron chi connectivity index (χ2n) is 2.14. The van der Waals surface area contributed by atoms with Crippen molar-refractivity contribution in [1.29, 1.82) is 0 Å². The molecule has 0 bridgehead atoms. The Morgan fingerprint density at radius 3 is 1.07 bits per heavy atom. The third kappa shape index (κ3) is 2.58. The Balaban J connectivity index is 5.30. The Morgan fingerprint density at radius 1 is 0.714 bits per heavy atom. The van der Waals surface area contributed by atoms with Crippen LogP contribution in [0.4, 0.5) is 30.7 Å². The summed E-state index contributed by atoms with van der Waals surface area (Å²) in [5.74, 6) is -5.54. The van der Waals surface area contributed by atoms with E-state index in [2.05, 4.69) is 0 Å². The number of alkyl halides is 10. The lowest BCUT2D eigenvalue weighted by Gasteiger charge is -2.33. The van der Waals surface area contributed by atoms with Crippen molar-refractivity contribution in [3.63, 3.8) is 0 Å². The van der Waals surface area contributed by atoms with Crippen molar-refractivity contribution >= 4 is 61.1 Å². The molecule has 0 aliphatic carbocycles. The van der Waals surface area contributed by atoms with Gasteiger partial charge in [-0.3, -0.25) is 0 Å². The van der Waals surface area contributed by atoms with Crippen LogP contribution < -0.4 is 0 Å². The molecular weight excluding hydrogens is 515 g/mol. The first-order valence-electron chi connectivity index (χ1n) is 2.64. The van der Waals surface area contributed by atoms with Gasteiger partial charge in [-0.1, -0.05) is 0 Å². The lowest BCUT2D eigenvalue weighted by atomic mass is 10.2. The van der Waals surface area contributed by atoms with Crippen molar-refractivity contribution in [1.82, 2.24) is 0 Å². The van der Waals surface area contributed by atoms with Crippen molar-refractivity contribution in [2.45, 2.75) is 18.4 Å². The summed E-state index contributed by atoms with van der Waals surface area (Å²) in [5, 5.41) is 0. The van der Waals surface area contributed by atoms with Gasteiger partial charge in [0.2, 0.25) is 0 Å². The van der Waals surface area contributed by atoms with Crippen LogP contribution in [0.15, 0.2) is 0 Å². The fourth-order valence-electron chi connectivity index (χ4n) is 0.356. The summed E-state index contributed by atoms with van der Waals surface area (Å²) in [5.41, 5.74) is 0. The minimum Gasteiger partial charge on any atom is -0.216 e. The first-order valence-corrected chi connectivity index (χ1v) is 5.59. The van der Waals surface area contributed by atoms with E-state index in [9.17, 15) is 30.7 Å². The third-order valence-corrected chi connectivity index (χ3v) is 4.26. The van der Waals surface area contributed by atoms with Crippen LogP contribution in [0.2, 0.25) is 0 Å². The molecule has 0 aromatic carbocycles. The maximum Gasteiger partial charge on any atom is 0.369 e. The fraction of sp³-hybridized carbons (Fsp3) is 1.00. The molecule has 86 valence electrons. The van der Waals surface area contributed by atoms with Crippen LogP contribution in [-0.2, 0) is 0 Å². The van der Waals surface area contributed by atoms with Gasteiger partial charge in [-0.15, -0.1) is 0 Å². The first-order chi connectivity index (χ1) is 5.75. The van der Waals surface area contributed by atoms with Gasteiger partial charge in [-0.25, -0.2) is 4.39 Å². The van der Waals surface area contributed by atoms with Crippen LogP contribution in [0.25, 0.3) is 0 Å². The van der Waals surface area contributed by atoms with Crippen LogP contribution in [-0.4, -0.2) is 18.4 Å². The van der Waals surface area contributed by atoms with Crippen molar-refractivity contribution < 1.29 is 30.7 Å². The standard InChI is InChI=1S/C4BrF7I2/c5-1(6,3(9,10)13)2(7,8)4(11,12)14. The summed E-state index contributed by atoms with van der Waals surface area (Å²) in [4.78, 5) is 0. The molecule has 0 heterocycles. The molecule has 0 spiro atoms. The Hall–Kier alpha value is 1.45. The molecule has 14 heavy (non-hydrogen) atoms. The molecule has 0 aliphatic heterocycles. The zero-order chi connectivity index (χ0) is 12.0. The summed E-state index contributed by atoms with van der Waals surface area (Å²) in [7, 11) is 0. The number of hydrogen-bond acceptors (Lipinski definition) is 0. The second-order valence-corrected chi connectivity index (χ2v) is 5.95. The van der Waals surface area contributed by atoms with Crippen LogP contribution in [0.3, 0.4) is 0 Å². The third-order valence-electron chi connectivity index (χ3n) is 1.11. The van der Waals surface area contributed by atoms with Gasteiger partial charge in [0.1, 0.15) is 0 Å². The van der Waals surface area contributed by atoms with E-state index in [-0.39, 0.29) is 45.2 Å². The van der Waals surface area contributed by atoms with E-state index in [0.717, 1.165) is 0 Å². The molecule has 0 fully saturated rings. The van der Waals surface area contributed by atoms with E-state index in [0.29, 0.717) is 0 Å². The highest BCUT2D eigenvalue weighted by molar-refractivity contribution is 14.1. The second kappa shape index (κ2) is 4.04. The van der Waals surface area contributed by atoms with E-state index in [1.165, 1.54) is 15.9 Å². The molecule has 0 amide bonds. The van der Waals surface area contributed by atoms with Crippen molar-refractivity contribution in [2.75, 3.05) is 0 Å². The van der Waals surface area contributed by atoms with E-state index in [4.69, 9.17) is 0 Å². The minimum atomic E-state index is -5.54. The highest BCUT2D eigenvalue weighted by atomic mass is 127. The fourth-order valence-corrected chi connectivity index (χ4v) is 1.69. The highest BCUT2D eigenvalue weighted by Crippen LogP contribution is 2.58. The average Bonchev–Trinajstić information content (AvgIpc) is 1.81. The van der Waals surface area contributed by atoms with Gasteiger partial charge < -0.3 is 0 Å². The van der Waals surface area contributed by atoms with Crippen molar-refractivity contribution in [3.8, 4) is 0 Å². The summed E-state index contributed by atoms with van der Waals surface area (Å²) in [6.07, 6.45) is 0. The zero-order valence-electron chi connectivity index (χ0n) is 5.78. The van der Waals surface area contributed by atoms with Crippen LogP contribution in [0.5, 0.6) is 0 Å². The largest absolute Gasteiger partial charge is 0.369 e. The number of halogens is 10. The molecule has 0 aromatic heterocycles. The molecule has 0 nitrogen and oxygen atoms in total. The topological polar surface area (TPSA) is 0 Å². The summed E-state index contributed by atoms with van der Waals surface area (Å²) in [6, 6.07) is 0. The van der Waals surface area contributed by atoms with Gasteiger partial charge in [0.15, 0.2) is 0 Å². The van der Waals surface area contributed by atoms with E-state index < -0.39 is 18.4 Å². The molecule has 0 aromatic rings. The summed E-state index contributed by atoms with van der Waals surface area (Å²) in [6.45, 7) is 0. The van der Waals surface area contributed by atoms with E-state index >= 15 is 0 Å². The van der Waals surface area contributed by atoms with Crippen molar-refractivity contribution in [2.24, 2.45) is 0 Å². The predicted molar refractivity (Wildman–Crippen MR) is 55.6 cm³/mol. The molecular formula is C4BrF7I2. The summed E-state index contributed by atoms with van der Waals surface area (Å²) >= 11 is 1.21. The van der Waals surface area contributed by atoms with Gasteiger partial charge in [0.25, 0.3) is 0 Å². The smallest absolute Gasteiger partial charge is 0.216 e. The van der Waals surface area contributed by atoms with Crippen LogP contribution in [0.1, 0.15) is 0 Å². The highest BCUT2D eigenvalue weighted by Gasteiger charge is 2.76. The van der Waals surface area contributed by atoms with Crippen LogP contribution >= 0.6 is 61.1 Å². The zero-order valence-corrected chi connectivity index (χ0v) is 11.7. The molecule has 0 rings (SSSR count). The molecule has 10 heteroatoms. The van der Waals surface area contributed by atoms with Gasteiger partial charge >= 0.3 is 18.4 Å². The van der Waals surface area contributed by atoms with Gasteiger partial charge in [0.05, 0.1) is 0 Å².